The molecule has 0 unspecified atom stereocenters. The fraction of sp³-hybridized carbons (Fsp3) is 0.143. The van der Waals surface area contributed by atoms with Crippen molar-refractivity contribution in [3.05, 3.63) is 70.6 Å². The molecule has 2 N–H and O–H groups in total. The minimum atomic E-state index is 0.484. The topological polar surface area (TPSA) is 58.3 Å². The van der Waals surface area contributed by atoms with Crippen molar-refractivity contribution >= 4 is 50.5 Å². The Bertz CT molecular complexity index is 1030. The summed E-state index contributed by atoms with van der Waals surface area (Å²) in [5.74, 6) is 0.484. The molecule has 0 aliphatic carbocycles. The van der Waals surface area contributed by atoms with Crippen molar-refractivity contribution in [3.63, 3.8) is 0 Å². The Morgan fingerprint density at radius 2 is 1.89 bits per heavy atom. The van der Waals surface area contributed by atoms with Gasteiger partial charge in [0.2, 0.25) is 0 Å². The smallest absolute Gasteiger partial charge is 0.151 e. The van der Waals surface area contributed by atoms with Gasteiger partial charge in [-0.1, -0.05) is 34.1 Å². The van der Waals surface area contributed by atoms with Gasteiger partial charge >= 0.3 is 0 Å². The van der Waals surface area contributed by atoms with Crippen molar-refractivity contribution < 1.29 is 0 Å². The van der Waals surface area contributed by atoms with E-state index in [1.807, 2.05) is 26.2 Å². The molecule has 4 rings (SSSR count). The summed E-state index contributed by atoms with van der Waals surface area (Å²) in [7, 11) is 4.09. The predicted molar refractivity (Wildman–Crippen MR) is 116 cm³/mol. The highest BCUT2D eigenvalue weighted by Crippen LogP contribution is 2.40. The summed E-state index contributed by atoms with van der Waals surface area (Å²) in [6.45, 7) is 0.692. The van der Waals surface area contributed by atoms with Crippen LogP contribution >= 0.6 is 15.9 Å². The van der Waals surface area contributed by atoms with Crippen LogP contribution < -0.4 is 15.5 Å². The summed E-state index contributed by atoms with van der Waals surface area (Å²) in [4.78, 5) is 13.0. The van der Waals surface area contributed by atoms with E-state index in [0.717, 1.165) is 27.2 Å². The van der Waals surface area contributed by atoms with Crippen LogP contribution in [0.15, 0.2) is 59.3 Å². The van der Waals surface area contributed by atoms with Crippen molar-refractivity contribution in [3.8, 4) is 0 Å². The molecule has 27 heavy (non-hydrogen) atoms. The van der Waals surface area contributed by atoms with Crippen molar-refractivity contribution in [2.45, 2.75) is 0 Å². The van der Waals surface area contributed by atoms with E-state index >= 15 is 0 Å². The highest BCUT2D eigenvalue weighted by molar-refractivity contribution is 9.10. The maximum Gasteiger partial charge on any atom is 0.151 e. The first-order valence-electron chi connectivity index (χ1n) is 8.65. The van der Waals surface area contributed by atoms with Crippen LogP contribution in [0, 0.1) is 0 Å². The number of nitrogens with two attached hydrogens (primary N) is 1. The van der Waals surface area contributed by atoms with E-state index in [0.29, 0.717) is 12.4 Å². The van der Waals surface area contributed by atoms with E-state index in [2.05, 4.69) is 78.2 Å². The number of fused-ring (bicyclic) bond motifs is 1. The second kappa shape index (κ2) is 7.04. The average Bonchev–Trinajstić information content (AvgIpc) is 2.67. The molecule has 136 valence electrons. The third kappa shape index (κ3) is 3.40. The van der Waals surface area contributed by atoms with Crippen LogP contribution in [0.1, 0.15) is 11.3 Å². The fourth-order valence-electron chi connectivity index (χ4n) is 3.27. The summed E-state index contributed by atoms with van der Waals surface area (Å²) in [6, 6.07) is 16.7. The molecule has 0 saturated carbocycles. The molecule has 5 nitrogen and oxygen atoms in total. The molecule has 0 saturated heterocycles. The maximum atomic E-state index is 6.21. The maximum absolute atomic E-state index is 6.21. The van der Waals surface area contributed by atoms with Crippen molar-refractivity contribution in [2.24, 2.45) is 0 Å². The zero-order chi connectivity index (χ0) is 19.0. The van der Waals surface area contributed by atoms with Crippen LogP contribution in [0.3, 0.4) is 0 Å². The van der Waals surface area contributed by atoms with E-state index in [-0.39, 0.29) is 0 Å². The molecule has 2 aromatic carbocycles. The lowest BCUT2D eigenvalue weighted by Gasteiger charge is -2.31. The molecule has 0 spiro atoms. The monoisotopic (exact) mass is 421 g/mol. The predicted octanol–water partition coefficient (Wildman–Crippen LogP) is 4.58. The van der Waals surface area contributed by atoms with Gasteiger partial charge < -0.3 is 15.5 Å². The Hall–Kier alpha value is -2.86. The molecular formula is C21H20BrN5. The van der Waals surface area contributed by atoms with E-state index < -0.39 is 0 Å². The van der Waals surface area contributed by atoms with Crippen LogP contribution in [0.2, 0.25) is 0 Å². The summed E-state index contributed by atoms with van der Waals surface area (Å²) in [5, 5.41) is 0. The first-order valence-corrected chi connectivity index (χ1v) is 9.44. The second-order valence-corrected chi connectivity index (χ2v) is 7.59. The Balaban J connectivity index is 1.85. The zero-order valence-corrected chi connectivity index (χ0v) is 16.8. The number of anilines is 4. The Kier molecular flexibility index (Phi) is 4.58. The van der Waals surface area contributed by atoms with Crippen LogP contribution in [-0.2, 0) is 0 Å². The van der Waals surface area contributed by atoms with Gasteiger partial charge in [-0.15, -0.1) is 0 Å². The molecule has 3 aromatic rings. The van der Waals surface area contributed by atoms with Crippen molar-refractivity contribution in [2.75, 3.05) is 36.2 Å². The summed E-state index contributed by atoms with van der Waals surface area (Å²) in [6.07, 6.45) is 3.62. The minimum Gasteiger partial charge on any atom is -0.382 e. The molecule has 1 aliphatic rings. The van der Waals surface area contributed by atoms with Gasteiger partial charge in [-0.3, -0.25) is 0 Å². The molecule has 6 heteroatoms. The van der Waals surface area contributed by atoms with E-state index in [1.165, 1.54) is 17.5 Å². The molecule has 1 aliphatic heterocycles. The number of rotatable bonds is 3. The Morgan fingerprint density at radius 3 is 2.67 bits per heavy atom. The van der Waals surface area contributed by atoms with Gasteiger partial charge in [0.05, 0.1) is 5.69 Å². The number of hydrogen-bond donors (Lipinski definition) is 1. The van der Waals surface area contributed by atoms with Gasteiger partial charge in [0.1, 0.15) is 12.0 Å². The lowest BCUT2D eigenvalue weighted by molar-refractivity contribution is 1.04. The highest BCUT2D eigenvalue weighted by atomic mass is 79.9. The molecule has 0 bridgehead atoms. The number of benzene rings is 2. The minimum absolute atomic E-state index is 0.484. The lowest BCUT2D eigenvalue weighted by Crippen LogP contribution is -2.25. The molecule has 0 radical (unpaired) electrons. The number of hydrogen-bond acceptors (Lipinski definition) is 5. The van der Waals surface area contributed by atoms with Gasteiger partial charge in [0, 0.05) is 36.5 Å². The molecule has 1 aromatic heterocycles. The normalized spacial score (nSPS) is 13.1. The molecule has 0 atom stereocenters. The van der Waals surface area contributed by atoms with E-state index in [4.69, 9.17) is 5.73 Å². The largest absolute Gasteiger partial charge is 0.382 e. The number of halogens is 1. The van der Waals surface area contributed by atoms with Crippen LogP contribution in [0.4, 0.5) is 22.9 Å². The first kappa shape index (κ1) is 17.5. The molecule has 0 amide bonds. The quantitative estimate of drug-likeness (QED) is 0.670. The van der Waals surface area contributed by atoms with Crippen molar-refractivity contribution in [1.82, 2.24) is 9.97 Å². The lowest BCUT2D eigenvalue weighted by atomic mass is 9.98. The highest BCUT2D eigenvalue weighted by Gasteiger charge is 2.24. The van der Waals surface area contributed by atoms with Gasteiger partial charge in [-0.25, -0.2) is 9.97 Å². The standard InChI is InChI=1S/C21H20BrN5/c1-26(2)17-7-3-5-14(9-17)15-10-19-20(21(23)25-13-24-19)27(12-15)18-8-4-6-16(22)11-18/h3-11,13H,12H2,1-2H3,(H2,23,24,25). The summed E-state index contributed by atoms with van der Waals surface area (Å²) < 4.78 is 1.02. The third-order valence-corrected chi connectivity index (χ3v) is 5.13. The summed E-state index contributed by atoms with van der Waals surface area (Å²) >= 11 is 3.56. The van der Waals surface area contributed by atoms with Crippen LogP contribution in [0.25, 0.3) is 11.6 Å². The number of nitrogen functional groups attached to an aromatic ring is 1. The number of aromatic nitrogens is 2. The third-order valence-electron chi connectivity index (χ3n) is 4.64. The zero-order valence-electron chi connectivity index (χ0n) is 15.2. The SMILES string of the molecule is CN(C)c1cccc(C2=Cc3ncnc(N)c3N(c3cccc(Br)c3)C2)c1. The van der Waals surface area contributed by atoms with Gasteiger partial charge in [-0.2, -0.15) is 0 Å². The van der Waals surface area contributed by atoms with Crippen LogP contribution in [0.5, 0.6) is 0 Å². The van der Waals surface area contributed by atoms with E-state index in [9.17, 15) is 0 Å². The van der Waals surface area contributed by atoms with Gasteiger partial charge in [0.25, 0.3) is 0 Å². The average molecular weight is 422 g/mol. The first-order chi connectivity index (χ1) is 13.0. The molecule has 0 fully saturated rings. The summed E-state index contributed by atoms with van der Waals surface area (Å²) in [5.41, 5.74) is 12.5. The molecule has 2 heterocycles. The van der Waals surface area contributed by atoms with Crippen LogP contribution in [-0.4, -0.2) is 30.6 Å². The van der Waals surface area contributed by atoms with Crippen molar-refractivity contribution in [1.29, 1.82) is 0 Å². The second-order valence-electron chi connectivity index (χ2n) is 6.67. The number of nitrogens with zero attached hydrogens (tertiary/aromatic N) is 4. The Morgan fingerprint density at radius 1 is 1.07 bits per heavy atom. The fourth-order valence-corrected chi connectivity index (χ4v) is 3.66. The van der Waals surface area contributed by atoms with Gasteiger partial charge in [0.15, 0.2) is 5.82 Å². The van der Waals surface area contributed by atoms with Gasteiger partial charge in [-0.05, 0) is 47.5 Å². The van der Waals surface area contributed by atoms with E-state index in [1.54, 1.807) is 0 Å². The Labute approximate surface area is 167 Å². The molecular weight excluding hydrogens is 402 g/mol.